The van der Waals surface area contributed by atoms with Crippen LogP contribution in [0, 0.1) is 0 Å². The predicted molar refractivity (Wildman–Crippen MR) is 114 cm³/mol. The monoisotopic (exact) mass is 382 g/mol. The molecule has 0 aliphatic rings. The van der Waals surface area contributed by atoms with Crippen molar-refractivity contribution in [1.29, 1.82) is 0 Å². The summed E-state index contributed by atoms with van der Waals surface area (Å²) in [5.74, 6) is 0.526. The van der Waals surface area contributed by atoms with Crippen molar-refractivity contribution in [2.45, 2.75) is 46.5 Å². The molecule has 0 aromatic heterocycles. The predicted octanol–water partition coefficient (Wildman–Crippen LogP) is 4.76. The third-order valence-electron chi connectivity index (χ3n) is 4.44. The normalized spacial score (nSPS) is 11.0. The van der Waals surface area contributed by atoms with Gasteiger partial charge in [-0.3, -0.25) is 9.59 Å². The number of ether oxygens (including phenoxy) is 1. The van der Waals surface area contributed by atoms with Gasteiger partial charge in [-0.25, -0.2) is 0 Å². The second-order valence-electron chi connectivity index (χ2n) is 7.72. The van der Waals surface area contributed by atoms with E-state index in [1.807, 2.05) is 55.5 Å². The van der Waals surface area contributed by atoms with Crippen LogP contribution in [0.5, 0.6) is 5.75 Å². The maximum Gasteiger partial charge on any atom is 0.226 e. The van der Waals surface area contributed by atoms with E-state index in [1.54, 1.807) is 4.90 Å². The summed E-state index contributed by atoms with van der Waals surface area (Å²) in [6.45, 7) is 10.8. The maximum atomic E-state index is 12.3. The smallest absolute Gasteiger partial charge is 0.226 e. The van der Waals surface area contributed by atoms with Crippen LogP contribution in [0.2, 0.25) is 0 Å². The number of anilines is 2. The average Bonchev–Trinajstić information content (AvgIpc) is 2.63. The van der Waals surface area contributed by atoms with Gasteiger partial charge < -0.3 is 15.0 Å². The largest absolute Gasteiger partial charge is 0.494 e. The van der Waals surface area contributed by atoms with Gasteiger partial charge >= 0.3 is 0 Å². The minimum absolute atomic E-state index is 0.0717. The molecule has 150 valence electrons. The number of carbonyl (C=O) groups is 2. The fourth-order valence-corrected chi connectivity index (χ4v) is 2.85. The lowest BCUT2D eigenvalue weighted by Crippen LogP contribution is -2.31. The molecule has 28 heavy (non-hydrogen) atoms. The molecule has 2 rings (SSSR count). The number of amides is 2. The van der Waals surface area contributed by atoms with Gasteiger partial charge in [0.1, 0.15) is 5.75 Å². The number of benzene rings is 2. The Bertz CT molecular complexity index is 790. The summed E-state index contributed by atoms with van der Waals surface area (Å²) >= 11 is 0. The van der Waals surface area contributed by atoms with Crippen LogP contribution in [-0.2, 0) is 15.0 Å². The van der Waals surface area contributed by atoms with Crippen molar-refractivity contribution in [3.05, 3.63) is 54.1 Å². The maximum absolute atomic E-state index is 12.3. The molecular formula is C23H30N2O3. The number of nitrogens with zero attached hydrogens (tertiary/aromatic N) is 1. The highest BCUT2D eigenvalue weighted by atomic mass is 16.5. The van der Waals surface area contributed by atoms with Crippen LogP contribution in [0.15, 0.2) is 48.5 Å². The standard InChI is InChI=1S/C23H30N2O3/c1-6-28-21-13-11-20(12-14-21)25(17(2)26)16-15-22(27)24-19-9-7-18(8-10-19)23(3,4)5/h7-14H,6,15-16H2,1-5H3,(H,24,27). The zero-order chi connectivity index (χ0) is 20.7. The van der Waals surface area contributed by atoms with Crippen LogP contribution < -0.4 is 15.0 Å². The van der Waals surface area contributed by atoms with Gasteiger partial charge in [-0.1, -0.05) is 32.9 Å². The van der Waals surface area contributed by atoms with E-state index in [4.69, 9.17) is 4.74 Å². The second-order valence-corrected chi connectivity index (χ2v) is 7.72. The van der Waals surface area contributed by atoms with Gasteiger partial charge in [-0.15, -0.1) is 0 Å². The molecular weight excluding hydrogens is 352 g/mol. The molecule has 2 aromatic rings. The van der Waals surface area contributed by atoms with Gasteiger partial charge in [0.05, 0.1) is 6.61 Å². The lowest BCUT2D eigenvalue weighted by atomic mass is 9.87. The van der Waals surface area contributed by atoms with E-state index in [1.165, 1.54) is 12.5 Å². The molecule has 5 heteroatoms. The highest BCUT2D eigenvalue weighted by molar-refractivity contribution is 5.94. The zero-order valence-electron chi connectivity index (χ0n) is 17.4. The molecule has 2 aromatic carbocycles. The number of carbonyl (C=O) groups excluding carboxylic acids is 2. The van der Waals surface area contributed by atoms with Crippen molar-refractivity contribution >= 4 is 23.2 Å². The Labute approximate surface area is 167 Å². The lowest BCUT2D eigenvalue weighted by Gasteiger charge is -2.21. The first kappa shape index (κ1) is 21.5. The Morgan fingerprint density at radius 1 is 1.00 bits per heavy atom. The van der Waals surface area contributed by atoms with Crippen molar-refractivity contribution in [2.75, 3.05) is 23.4 Å². The summed E-state index contributed by atoms with van der Waals surface area (Å²) in [5, 5.41) is 2.90. The van der Waals surface area contributed by atoms with Crippen molar-refractivity contribution in [3.8, 4) is 5.75 Å². The molecule has 0 spiro atoms. The Morgan fingerprint density at radius 3 is 2.11 bits per heavy atom. The molecule has 0 fully saturated rings. The highest BCUT2D eigenvalue weighted by Crippen LogP contribution is 2.24. The molecule has 0 unspecified atom stereocenters. The third kappa shape index (κ3) is 6.12. The number of rotatable bonds is 7. The first-order chi connectivity index (χ1) is 13.2. The minimum atomic E-state index is -0.124. The molecule has 1 N–H and O–H groups in total. The average molecular weight is 383 g/mol. The molecule has 0 heterocycles. The summed E-state index contributed by atoms with van der Waals surface area (Å²) in [5.41, 5.74) is 2.79. The molecule has 2 amide bonds. The zero-order valence-corrected chi connectivity index (χ0v) is 17.4. The van der Waals surface area contributed by atoms with E-state index >= 15 is 0 Å². The Hall–Kier alpha value is -2.82. The first-order valence-electron chi connectivity index (χ1n) is 9.62. The van der Waals surface area contributed by atoms with E-state index in [9.17, 15) is 9.59 Å². The molecule has 0 saturated heterocycles. The summed E-state index contributed by atoms with van der Waals surface area (Å²) in [4.78, 5) is 25.9. The van der Waals surface area contributed by atoms with Crippen LogP contribution in [0.3, 0.4) is 0 Å². The van der Waals surface area contributed by atoms with E-state index in [2.05, 4.69) is 26.1 Å². The van der Waals surface area contributed by atoms with E-state index in [-0.39, 0.29) is 23.7 Å². The molecule has 0 aliphatic heterocycles. The van der Waals surface area contributed by atoms with Crippen LogP contribution in [0.1, 0.15) is 46.6 Å². The third-order valence-corrected chi connectivity index (χ3v) is 4.44. The molecule has 0 aliphatic carbocycles. The minimum Gasteiger partial charge on any atom is -0.494 e. The quantitative estimate of drug-likeness (QED) is 0.751. The van der Waals surface area contributed by atoms with Gasteiger partial charge in [-0.05, 0) is 54.3 Å². The second kappa shape index (κ2) is 9.40. The van der Waals surface area contributed by atoms with Crippen molar-refractivity contribution < 1.29 is 14.3 Å². The number of hydrogen-bond donors (Lipinski definition) is 1. The fourth-order valence-electron chi connectivity index (χ4n) is 2.85. The summed E-state index contributed by atoms with van der Waals surface area (Å²) in [7, 11) is 0. The van der Waals surface area contributed by atoms with Crippen molar-refractivity contribution in [1.82, 2.24) is 0 Å². The Balaban J connectivity index is 1.95. The lowest BCUT2D eigenvalue weighted by molar-refractivity contribution is -0.117. The van der Waals surface area contributed by atoms with Crippen LogP contribution in [0.4, 0.5) is 11.4 Å². The van der Waals surface area contributed by atoms with Crippen molar-refractivity contribution in [2.24, 2.45) is 0 Å². The summed E-state index contributed by atoms with van der Waals surface area (Å²) in [6.07, 6.45) is 0.216. The summed E-state index contributed by atoms with van der Waals surface area (Å²) in [6, 6.07) is 15.2. The van der Waals surface area contributed by atoms with Crippen LogP contribution in [-0.4, -0.2) is 25.0 Å². The van der Waals surface area contributed by atoms with Gasteiger partial charge in [0, 0.05) is 31.3 Å². The topological polar surface area (TPSA) is 58.6 Å². The van der Waals surface area contributed by atoms with Gasteiger partial charge in [-0.2, -0.15) is 0 Å². The molecule has 5 nitrogen and oxygen atoms in total. The Kier molecular flexibility index (Phi) is 7.21. The SMILES string of the molecule is CCOc1ccc(N(CCC(=O)Nc2ccc(C(C)(C)C)cc2)C(C)=O)cc1. The Morgan fingerprint density at radius 2 is 1.61 bits per heavy atom. The van der Waals surface area contributed by atoms with Gasteiger partial charge in [0.2, 0.25) is 11.8 Å². The fraction of sp³-hybridized carbons (Fsp3) is 0.391. The van der Waals surface area contributed by atoms with E-state index in [0.29, 0.717) is 13.2 Å². The van der Waals surface area contributed by atoms with E-state index < -0.39 is 0 Å². The molecule has 0 saturated carbocycles. The van der Waals surface area contributed by atoms with Crippen LogP contribution >= 0.6 is 0 Å². The van der Waals surface area contributed by atoms with Crippen LogP contribution in [0.25, 0.3) is 0 Å². The molecule has 0 atom stereocenters. The number of nitrogens with one attached hydrogen (secondary N) is 1. The highest BCUT2D eigenvalue weighted by Gasteiger charge is 2.15. The van der Waals surface area contributed by atoms with Gasteiger partial charge in [0.15, 0.2) is 0 Å². The van der Waals surface area contributed by atoms with Crippen molar-refractivity contribution in [3.63, 3.8) is 0 Å². The molecule has 0 bridgehead atoms. The first-order valence-corrected chi connectivity index (χ1v) is 9.62. The van der Waals surface area contributed by atoms with E-state index in [0.717, 1.165) is 17.1 Å². The number of hydrogen-bond acceptors (Lipinski definition) is 3. The van der Waals surface area contributed by atoms with Gasteiger partial charge in [0.25, 0.3) is 0 Å². The molecule has 0 radical (unpaired) electrons. The summed E-state index contributed by atoms with van der Waals surface area (Å²) < 4.78 is 5.43.